The zero-order chi connectivity index (χ0) is 29.0. The van der Waals surface area contributed by atoms with E-state index in [2.05, 4.69) is 116 Å². The molecule has 212 valence electrons. The lowest BCUT2D eigenvalue weighted by Gasteiger charge is -2.43. The smallest absolute Gasteiger partial charge is 0.169 e. The lowest BCUT2D eigenvalue weighted by molar-refractivity contribution is -0.0129. The Bertz CT molecular complexity index is 1470. The van der Waals surface area contributed by atoms with Gasteiger partial charge in [0, 0.05) is 53.6 Å². The molecule has 40 heavy (non-hydrogen) atoms. The largest absolute Gasteiger partial charge is 0.497 e. The standard InChI is InChI=1S/C34H41BrN2O3/c1-32(2)26-20-24(38-7)13-15-28(26)36(5)30(32)17-12-22-10-11-23(31(22)35)18-19-34(40-9)33(3,4)27-21-25(39-8)14-16-29(27)37(34)6/h12-21H,10-11H2,1-9H3. The zero-order valence-corrected chi connectivity index (χ0v) is 26.8. The van der Waals surface area contributed by atoms with E-state index >= 15 is 0 Å². The number of benzene rings is 2. The summed E-state index contributed by atoms with van der Waals surface area (Å²) in [5.41, 5.74) is 7.72. The molecule has 0 saturated carbocycles. The highest BCUT2D eigenvalue weighted by molar-refractivity contribution is 9.12. The molecule has 0 radical (unpaired) electrons. The van der Waals surface area contributed by atoms with Crippen LogP contribution in [0.3, 0.4) is 0 Å². The van der Waals surface area contributed by atoms with Crippen LogP contribution in [-0.4, -0.2) is 41.1 Å². The predicted octanol–water partition coefficient (Wildman–Crippen LogP) is 8.01. The monoisotopic (exact) mass is 604 g/mol. The fourth-order valence-corrected chi connectivity index (χ4v) is 7.51. The van der Waals surface area contributed by atoms with Gasteiger partial charge in [0.1, 0.15) is 11.5 Å². The van der Waals surface area contributed by atoms with Crippen LogP contribution in [-0.2, 0) is 15.6 Å². The number of nitrogens with zero attached hydrogens (tertiary/aromatic N) is 2. The third kappa shape index (κ3) is 4.14. The van der Waals surface area contributed by atoms with Crippen LogP contribution in [0.4, 0.5) is 11.4 Å². The molecule has 0 amide bonds. The third-order valence-electron chi connectivity index (χ3n) is 9.36. The summed E-state index contributed by atoms with van der Waals surface area (Å²) in [4.78, 5) is 4.54. The van der Waals surface area contributed by atoms with Gasteiger partial charge in [-0.1, -0.05) is 55.8 Å². The molecule has 1 atom stereocenters. The second-order valence-corrected chi connectivity index (χ2v) is 12.7. The average molecular weight is 606 g/mol. The summed E-state index contributed by atoms with van der Waals surface area (Å²) in [7, 11) is 9.49. The van der Waals surface area contributed by atoms with E-state index < -0.39 is 5.72 Å². The fraction of sp³-hybridized carbons (Fsp3) is 0.412. The van der Waals surface area contributed by atoms with Crippen molar-refractivity contribution in [2.24, 2.45) is 0 Å². The Morgan fingerprint density at radius 3 is 2.08 bits per heavy atom. The second kappa shape index (κ2) is 10.1. The van der Waals surface area contributed by atoms with Crippen LogP contribution in [0.1, 0.15) is 51.7 Å². The van der Waals surface area contributed by atoms with Gasteiger partial charge in [-0.05, 0) is 83.7 Å². The van der Waals surface area contributed by atoms with E-state index in [0.29, 0.717) is 0 Å². The highest BCUT2D eigenvalue weighted by atomic mass is 79.9. The number of hydrogen-bond donors (Lipinski definition) is 0. The number of halogens is 1. The van der Waals surface area contributed by atoms with Crippen LogP contribution in [0.25, 0.3) is 0 Å². The number of likely N-dealkylation sites (N-methyl/N-ethyl adjacent to an activating group) is 2. The maximum atomic E-state index is 6.32. The summed E-state index contributed by atoms with van der Waals surface area (Å²) in [6.07, 6.45) is 11.0. The molecule has 0 fully saturated rings. The highest BCUT2D eigenvalue weighted by Crippen LogP contribution is 2.53. The van der Waals surface area contributed by atoms with Crippen molar-refractivity contribution in [2.75, 3.05) is 45.2 Å². The van der Waals surface area contributed by atoms with Crippen molar-refractivity contribution < 1.29 is 14.2 Å². The van der Waals surface area contributed by atoms with Gasteiger partial charge in [-0.3, -0.25) is 0 Å². The topological polar surface area (TPSA) is 34.2 Å². The third-order valence-corrected chi connectivity index (χ3v) is 10.4. The molecule has 1 aliphatic carbocycles. The van der Waals surface area contributed by atoms with Gasteiger partial charge in [0.15, 0.2) is 5.72 Å². The molecule has 2 aliphatic heterocycles. The maximum Gasteiger partial charge on any atom is 0.169 e. The van der Waals surface area contributed by atoms with Crippen molar-refractivity contribution in [2.45, 2.75) is 57.1 Å². The van der Waals surface area contributed by atoms with Gasteiger partial charge in [-0.25, -0.2) is 0 Å². The number of rotatable bonds is 6. The van der Waals surface area contributed by atoms with E-state index in [1.165, 1.54) is 38.1 Å². The predicted molar refractivity (Wildman–Crippen MR) is 169 cm³/mol. The van der Waals surface area contributed by atoms with E-state index in [-0.39, 0.29) is 10.8 Å². The van der Waals surface area contributed by atoms with Gasteiger partial charge in [0.25, 0.3) is 0 Å². The van der Waals surface area contributed by atoms with E-state index in [9.17, 15) is 0 Å². The first-order valence-electron chi connectivity index (χ1n) is 13.8. The van der Waals surface area contributed by atoms with Crippen molar-refractivity contribution in [1.82, 2.24) is 0 Å². The summed E-state index contributed by atoms with van der Waals surface area (Å²) in [6, 6.07) is 12.6. The Balaban J connectivity index is 1.45. The summed E-state index contributed by atoms with van der Waals surface area (Å²) in [6.45, 7) is 9.05. The molecular formula is C34H41BrN2O3. The first-order chi connectivity index (χ1) is 18.9. The SMILES string of the molecule is COc1ccc2c(c1)C(C)(C)C(=CC=C1CCC(C=CC3(OC)N(C)c4ccc(OC)cc4C3(C)C)=C1Br)N2C. The van der Waals surface area contributed by atoms with Gasteiger partial charge in [0.2, 0.25) is 0 Å². The van der Waals surface area contributed by atoms with Crippen molar-refractivity contribution in [3.05, 3.63) is 93.2 Å². The van der Waals surface area contributed by atoms with Crippen LogP contribution in [0.5, 0.6) is 11.5 Å². The molecule has 2 aromatic carbocycles. The molecule has 5 rings (SSSR count). The molecule has 2 heterocycles. The van der Waals surface area contributed by atoms with Crippen molar-refractivity contribution in [3.63, 3.8) is 0 Å². The fourth-order valence-electron chi connectivity index (χ4n) is 6.85. The summed E-state index contributed by atoms with van der Waals surface area (Å²) in [5, 5.41) is 0. The lowest BCUT2D eigenvalue weighted by Crippen LogP contribution is -2.54. The van der Waals surface area contributed by atoms with Crippen LogP contribution in [0.2, 0.25) is 0 Å². The number of anilines is 2. The normalized spacial score (nSPS) is 24.9. The zero-order valence-electron chi connectivity index (χ0n) is 25.2. The Hall–Kier alpha value is -2.96. The Kier molecular flexibility index (Phi) is 7.25. The van der Waals surface area contributed by atoms with Crippen LogP contribution >= 0.6 is 15.9 Å². The number of hydrogen-bond acceptors (Lipinski definition) is 5. The number of methoxy groups -OCH3 is 3. The van der Waals surface area contributed by atoms with Crippen molar-refractivity contribution in [3.8, 4) is 11.5 Å². The average Bonchev–Trinajstić information content (AvgIpc) is 3.45. The van der Waals surface area contributed by atoms with E-state index in [1.54, 1.807) is 21.3 Å². The van der Waals surface area contributed by atoms with Gasteiger partial charge in [-0.2, -0.15) is 0 Å². The van der Waals surface area contributed by atoms with Crippen LogP contribution in [0.15, 0.2) is 82.0 Å². The van der Waals surface area contributed by atoms with E-state index in [1.807, 2.05) is 12.1 Å². The van der Waals surface area contributed by atoms with Gasteiger partial charge in [0.05, 0.1) is 14.2 Å². The molecule has 1 unspecified atom stereocenters. The molecule has 0 aromatic heterocycles. The Morgan fingerprint density at radius 2 is 1.45 bits per heavy atom. The highest BCUT2D eigenvalue weighted by Gasteiger charge is 2.55. The first-order valence-corrected chi connectivity index (χ1v) is 14.6. The lowest BCUT2D eigenvalue weighted by atomic mass is 9.77. The summed E-state index contributed by atoms with van der Waals surface area (Å²) in [5.74, 6) is 1.75. The Labute approximate surface area is 247 Å². The first kappa shape index (κ1) is 28.6. The van der Waals surface area contributed by atoms with Crippen LogP contribution in [0, 0.1) is 0 Å². The molecule has 0 N–H and O–H groups in total. The van der Waals surface area contributed by atoms with Gasteiger partial charge < -0.3 is 24.0 Å². The number of allylic oxidation sites excluding steroid dienone is 7. The molecule has 6 heteroatoms. The van der Waals surface area contributed by atoms with Gasteiger partial charge in [-0.15, -0.1) is 0 Å². The minimum Gasteiger partial charge on any atom is -0.497 e. The molecule has 2 aromatic rings. The number of ether oxygens (including phenoxy) is 3. The maximum absolute atomic E-state index is 6.32. The molecular weight excluding hydrogens is 564 g/mol. The second-order valence-electron chi connectivity index (χ2n) is 12.0. The summed E-state index contributed by atoms with van der Waals surface area (Å²) >= 11 is 3.94. The van der Waals surface area contributed by atoms with Crippen molar-refractivity contribution in [1.29, 1.82) is 0 Å². The molecule has 3 aliphatic rings. The molecule has 5 nitrogen and oxygen atoms in total. The van der Waals surface area contributed by atoms with Crippen molar-refractivity contribution >= 4 is 27.3 Å². The molecule has 0 bridgehead atoms. The molecule has 0 saturated heterocycles. The van der Waals surface area contributed by atoms with Gasteiger partial charge >= 0.3 is 0 Å². The minimum atomic E-state index is -0.625. The Morgan fingerprint density at radius 1 is 0.825 bits per heavy atom. The van der Waals surface area contributed by atoms with E-state index in [0.717, 1.165) is 30.0 Å². The molecule has 0 spiro atoms. The summed E-state index contributed by atoms with van der Waals surface area (Å²) < 4.78 is 18.5. The quantitative estimate of drug-likeness (QED) is 0.333. The van der Waals surface area contributed by atoms with Crippen LogP contribution < -0.4 is 19.3 Å². The minimum absolute atomic E-state index is 0.117. The van der Waals surface area contributed by atoms with E-state index in [4.69, 9.17) is 14.2 Å². The number of fused-ring (bicyclic) bond motifs is 2.